The Morgan fingerprint density at radius 2 is 1.18 bits per heavy atom. The minimum absolute atomic E-state index is 0.134. The van der Waals surface area contributed by atoms with Crippen LogP contribution in [0.2, 0.25) is 0 Å². The highest BCUT2D eigenvalue weighted by Gasteiger charge is 2.26. The van der Waals surface area contributed by atoms with Crippen LogP contribution in [0.4, 0.5) is 0 Å². The van der Waals surface area contributed by atoms with Crippen molar-refractivity contribution in [1.29, 1.82) is 0 Å². The van der Waals surface area contributed by atoms with Crippen molar-refractivity contribution in [2.75, 3.05) is 6.61 Å². The van der Waals surface area contributed by atoms with Crippen molar-refractivity contribution in [3.8, 4) is 5.75 Å². The van der Waals surface area contributed by atoms with Crippen molar-refractivity contribution in [3.63, 3.8) is 0 Å². The van der Waals surface area contributed by atoms with Gasteiger partial charge in [-0.2, -0.15) is 9.78 Å². The lowest BCUT2D eigenvalue weighted by molar-refractivity contribution is -0.302. The number of hydrogen-bond donors (Lipinski definition) is 0. The molecule has 0 aliphatic carbocycles. The maximum Gasteiger partial charge on any atom is 0.374 e. The van der Waals surface area contributed by atoms with Gasteiger partial charge in [0, 0.05) is 11.1 Å². The van der Waals surface area contributed by atoms with Crippen molar-refractivity contribution in [3.05, 3.63) is 64.7 Å². The first-order chi connectivity index (χ1) is 15.3. The van der Waals surface area contributed by atoms with Crippen LogP contribution in [0.25, 0.3) is 0 Å². The molecule has 0 saturated carbocycles. The summed E-state index contributed by atoms with van der Waals surface area (Å²) in [6, 6.07) is 10.6. The molecule has 0 N–H and O–H groups in total. The smallest absolute Gasteiger partial charge is 0.374 e. The molecule has 0 fully saturated rings. The number of benzene rings is 2. The topological polar surface area (TPSA) is 97.4 Å². The largest absolute Gasteiger partial charge is 0.494 e. The fourth-order valence-corrected chi connectivity index (χ4v) is 2.48. The Hall–Kier alpha value is -3.23. The van der Waals surface area contributed by atoms with Gasteiger partial charge in [-0.15, -0.1) is 0 Å². The van der Waals surface area contributed by atoms with Crippen LogP contribution in [-0.2, 0) is 19.6 Å². The van der Waals surface area contributed by atoms with Gasteiger partial charge in [-0.1, -0.05) is 6.07 Å². The second-order valence-corrected chi connectivity index (χ2v) is 9.18. The summed E-state index contributed by atoms with van der Waals surface area (Å²) in [5.41, 5.74) is -1.30. The fraction of sp³-hybridized carbons (Fsp3) is 0.400. The van der Waals surface area contributed by atoms with E-state index >= 15 is 0 Å². The van der Waals surface area contributed by atoms with Crippen LogP contribution < -0.4 is 4.74 Å². The maximum absolute atomic E-state index is 13.0. The van der Waals surface area contributed by atoms with E-state index in [1.165, 1.54) is 18.2 Å². The Kier molecular flexibility index (Phi) is 8.35. The van der Waals surface area contributed by atoms with Crippen LogP contribution in [0.3, 0.4) is 0 Å². The molecule has 0 atom stereocenters. The summed E-state index contributed by atoms with van der Waals surface area (Å²) in [6.45, 7) is 12.5. The molecular formula is C25H30O8. The zero-order valence-electron chi connectivity index (χ0n) is 20.0. The zero-order chi connectivity index (χ0) is 24.8. The molecule has 2 aromatic carbocycles. The first kappa shape index (κ1) is 26.0. The minimum Gasteiger partial charge on any atom is -0.494 e. The van der Waals surface area contributed by atoms with Crippen molar-refractivity contribution >= 4 is 17.7 Å². The number of ketones is 1. The van der Waals surface area contributed by atoms with Gasteiger partial charge < -0.3 is 4.74 Å². The molecule has 0 bridgehead atoms. The fourth-order valence-electron chi connectivity index (χ4n) is 2.48. The van der Waals surface area contributed by atoms with E-state index in [0.717, 1.165) is 0 Å². The summed E-state index contributed by atoms with van der Waals surface area (Å²) in [5, 5.41) is 0. The predicted molar refractivity (Wildman–Crippen MR) is 120 cm³/mol. The highest BCUT2D eigenvalue weighted by molar-refractivity contribution is 6.11. The quantitative estimate of drug-likeness (QED) is 0.307. The highest BCUT2D eigenvalue weighted by Crippen LogP contribution is 2.21. The van der Waals surface area contributed by atoms with Gasteiger partial charge in [-0.3, -0.25) is 14.6 Å². The van der Waals surface area contributed by atoms with E-state index in [1.807, 2.05) is 6.92 Å². The monoisotopic (exact) mass is 458 g/mol. The van der Waals surface area contributed by atoms with Crippen LogP contribution in [0.1, 0.15) is 85.1 Å². The zero-order valence-corrected chi connectivity index (χ0v) is 20.0. The normalized spacial score (nSPS) is 11.6. The van der Waals surface area contributed by atoms with Gasteiger partial charge in [-0.25, -0.2) is 9.59 Å². The maximum atomic E-state index is 13.0. The molecule has 33 heavy (non-hydrogen) atoms. The Balaban J connectivity index is 2.38. The average molecular weight is 459 g/mol. The molecule has 2 rings (SSSR count). The van der Waals surface area contributed by atoms with Crippen molar-refractivity contribution in [1.82, 2.24) is 0 Å². The summed E-state index contributed by atoms with van der Waals surface area (Å²) in [4.78, 5) is 58.2. The van der Waals surface area contributed by atoms with E-state index in [4.69, 9.17) is 24.3 Å². The third-order valence-corrected chi connectivity index (χ3v) is 3.88. The summed E-state index contributed by atoms with van der Waals surface area (Å²) >= 11 is 0. The van der Waals surface area contributed by atoms with Crippen molar-refractivity contribution in [2.45, 2.75) is 59.7 Å². The number of hydrogen-bond acceptors (Lipinski definition) is 8. The van der Waals surface area contributed by atoms with Crippen LogP contribution >= 0.6 is 0 Å². The van der Waals surface area contributed by atoms with Gasteiger partial charge in [0.15, 0.2) is 5.78 Å². The lowest BCUT2D eigenvalue weighted by Gasteiger charge is -2.18. The number of carbonyl (C=O) groups is 3. The van der Waals surface area contributed by atoms with E-state index in [0.29, 0.717) is 17.9 Å². The third-order valence-electron chi connectivity index (χ3n) is 3.88. The van der Waals surface area contributed by atoms with Gasteiger partial charge >= 0.3 is 11.9 Å². The van der Waals surface area contributed by atoms with Crippen LogP contribution in [0, 0.1) is 0 Å². The van der Waals surface area contributed by atoms with E-state index in [1.54, 1.807) is 65.8 Å². The van der Waals surface area contributed by atoms with Crippen molar-refractivity contribution in [2.24, 2.45) is 0 Å². The molecule has 0 saturated heterocycles. The minimum atomic E-state index is -0.950. The van der Waals surface area contributed by atoms with Gasteiger partial charge in [0.2, 0.25) is 0 Å². The number of ether oxygens (including phenoxy) is 1. The van der Waals surface area contributed by atoms with E-state index in [2.05, 4.69) is 0 Å². The summed E-state index contributed by atoms with van der Waals surface area (Å²) in [5.74, 6) is -1.58. The second kappa shape index (κ2) is 10.6. The molecule has 0 amide bonds. The molecule has 2 aromatic rings. The van der Waals surface area contributed by atoms with Gasteiger partial charge in [0.05, 0.1) is 17.7 Å². The van der Waals surface area contributed by atoms with Crippen LogP contribution in [0.15, 0.2) is 42.5 Å². The number of carbonyl (C=O) groups excluding carboxylic acids is 3. The molecule has 178 valence electrons. The standard InChI is InChI=1S/C25H30O8/c1-8-29-18-12-9-16(10-13-18)21(26)17-11-14-19(22(27)30-32-24(2,3)4)20(15-17)23(28)31-33-25(5,6)7/h9-15H,8H2,1-7H3. The predicted octanol–water partition coefficient (Wildman–Crippen LogP) is 5.09. The van der Waals surface area contributed by atoms with E-state index < -0.39 is 23.1 Å². The van der Waals surface area contributed by atoms with E-state index in [-0.39, 0.29) is 22.5 Å². The second-order valence-electron chi connectivity index (χ2n) is 9.18. The molecule has 0 heterocycles. The van der Waals surface area contributed by atoms with Crippen molar-refractivity contribution < 1.29 is 38.7 Å². The summed E-state index contributed by atoms with van der Waals surface area (Å²) in [7, 11) is 0. The molecular weight excluding hydrogens is 428 g/mol. The number of rotatable bonds is 8. The molecule has 0 aliphatic heterocycles. The first-order valence-electron chi connectivity index (χ1n) is 10.5. The molecule has 8 heteroatoms. The SMILES string of the molecule is CCOc1ccc(C(=O)c2ccc(C(=O)OOC(C)(C)C)c(C(=O)OOC(C)(C)C)c2)cc1. The Labute approximate surface area is 193 Å². The summed E-state index contributed by atoms with van der Waals surface area (Å²) in [6.07, 6.45) is 0. The molecule has 0 spiro atoms. The van der Waals surface area contributed by atoms with E-state index in [9.17, 15) is 14.4 Å². The molecule has 0 aromatic heterocycles. The van der Waals surface area contributed by atoms with Gasteiger partial charge in [0.1, 0.15) is 17.0 Å². The Bertz CT molecular complexity index is 995. The first-order valence-corrected chi connectivity index (χ1v) is 10.5. The molecule has 0 unspecified atom stereocenters. The Morgan fingerprint density at radius 1 is 0.697 bits per heavy atom. The van der Waals surface area contributed by atoms with Gasteiger partial charge in [0.25, 0.3) is 0 Å². The third kappa shape index (κ3) is 8.00. The lowest BCUT2D eigenvalue weighted by Crippen LogP contribution is -2.25. The molecule has 0 aliphatic rings. The molecule has 0 radical (unpaired) electrons. The lowest BCUT2D eigenvalue weighted by atomic mass is 9.98. The highest BCUT2D eigenvalue weighted by atomic mass is 17.2. The molecule has 8 nitrogen and oxygen atoms in total. The Morgan fingerprint density at radius 3 is 1.67 bits per heavy atom. The van der Waals surface area contributed by atoms with Crippen LogP contribution in [0.5, 0.6) is 5.75 Å². The average Bonchev–Trinajstić information content (AvgIpc) is 2.74. The van der Waals surface area contributed by atoms with Crippen LogP contribution in [-0.4, -0.2) is 35.5 Å². The summed E-state index contributed by atoms with van der Waals surface area (Å²) < 4.78 is 5.39. The van der Waals surface area contributed by atoms with Gasteiger partial charge in [-0.05, 0) is 84.9 Å².